The molecule has 14 heavy (non-hydrogen) atoms. The standard InChI is InChI=1S/C13H23N/c14-13(11-7-4-8-11)9-12(13)10-5-2-1-3-6-10/h10-12H,1-9,14H2. The first-order chi connectivity index (χ1) is 6.81. The van der Waals surface area contributed by atoms with Gasteiger partial charge in [-0.25, -0.2) is 0 Å². The third kappa shape index (κ3) is 1.32. The molecule has 3 aliphatic rings. The van der Waals surface area contributed by atoms with E-state index in [2.05, 4.69) is 0 Å². The Labute approximate surface area is 87.4 Å². The van der Waals surface area contributed by atoms with Crippen LogP contribution in [0.5, 0.6) is 0 Å². The summed E-state index contributed by atoms with van der Waals surface area (Å²) in [5.74, 6) is 2.84. The Bertz CT molecular complexity index is 215. The first-order valence-electron chi connectivity index (χ1n) is 6.59. The van der Waals surface area contributed by atoms with Crippen molar-refractivity contribution in [3.05, 3.63) is 0 Å². The Kier molecular flexibility index (Phi) is 2.12. The van der Waals surface area contributed by atoms with Crippen LogP contribution in [0.3, 0.4) is 0 Å². The highest BCUT2D eigenvalue weighted by atomic mass is 14.9. The van der Waals surface area contributed by atoms with E-state index in [1.54, 1.807) is 0 Å². The minimum absolute atomic E-state index is 0.320. The summed E-state index contributed by atoms with van der Waals surface area (Å²) in [5.41, 5.74) is 6.85. The van der Waals surface area contributed by atoms with Crippen molar-refractivity contribution >= 4 is 0 Å². The molecular formula is C13H23N. The molecule has 2 unspecified atom stereocenters. The van der Waals surface area contributed by atoms with Crippen LogP contribution in [0.2, 0.25) is 0 Å². The van der Waals surface area contributed by atoms with Crippen LogP contribution in [0.1, 0.15) is 57.8 Å². The van der Waals surface area contributed by atoms with Crippen LogP contribution in [0.15, 0.2) is 0 Å². The van der Waals surface area contributed by atoms with Crippen LogP contribution >= 0.6 is 0 Å². The lowest BCUT2D eigenvalue weighted by Crippen LogP contribution is -2.40. The summed E-state index contributed by atoms with van der Waals surface area (Å²) in [7, 11) is 0. The van der Waals surface area contributed by atoms with Gasteiger partial charge < -0.3 is 5.73 Å². The quantitative estimate of drug-likeness (QED) is 0.716. The van der Waals surface area contributed by atoms with E-state index in [1.807, 2.05) is 0 Å². The molecule has 0 amide bonds. The van der Waals surface area contributed by atoms with Gasteiger partial charge in [0.15, 0.2) is 0 Å². The molecule has 3 aliphatic carbocycles. The van der Waals surface area contributed by atoms with Gasteiger partial charge in [0.2, 0.25) is 0 Å². The predicted octanol–water partition coefficient (Wildman–Crippen LogP) is 3.08. The first kappa shape index (κ1) is 9.21. The monoisotopic (exact) mass is 193 g/mol. The van der Waals surface area contributed by atoms with Crippen molar-refractivity contribution in [2.45, 2.75) is 63.3 Å². The number of hydrogen-bond donors (Lipinski definition) is 1. The summed E-state index contributed by atoms with van der Waals surface area (Å²) >= 11 is 0. The van der Waals surface area contributed by atoms with Gasteiger partial charge in [-0.15, -0.1) is 0 Å². The fourth-order valence-corrected chi connectivity index (χ4v) is 3.88. The summed E-state index contributed by atoms with van der Waals surface area (Å²) < 4.78 is 0. The molecule has 0 radical (unpaired) electrons. The maximum absolute atomic E-state index is 6.53. The fourth-order valence-electron chi connectivity index (χ4n) is 3.88. The highest BCUT2D eigenvalue weighted by molar-refractivity contribution is 5.15. The molecule has 0 heterocycles. The van der Waals surface area contributed by atoms with Gasteiger partial charge in [0.05, 0.1) is 0 Å². The zero-order chi connectivity index (χ0) is 9.60. The molecule has 0 bridgehead atoms. The maximum atomic E-state index is 6.53. The molecule has 0 aromatic carbocycles. The lowest BCUT2D eigenvalue weighted by molar-refractivity contribution is 0.203. The minimum Gasteiger partial charge on any atom is -0.325 e. The third-order valence-electron chi connectivity index (χ3n) is 5.19. The van der Waals surface area contributed by atoms with Crippen molar-refractivity contribution in [2.24, 2.45) is 23.5 Å². The van der Waals surface area contributed by atoms with E-state index in [0.717, 1.165) is 17.8 Å². The van der Waals surface area contributed by atoms with Crippen LogP contribution in [0.25, 0.3) is 0 Å². The molecule has 2 atom stereocenters. The van der Waals surface area contributed by atoms with E-state index in [-0.39, 0.29) is 0 Å². The predicted molar refractivity (Wildman–Crippen MR) is 58.9 cm³/mol. The molecule has 0 aromatic rings. The largest absolute Gasteiger partial charge is 0.325 e. The molecule has 1 heteroatoms. The van der Waals surface area contributed by atoms with Crippen molar-refractivity contribution in [1.82, 2.24) is 0 Å². The Hall–Kier alpha value is -0.0400. The average molecular weight is 193 g/mol. The second kappa shape index (κ2) is 3.23. The van der Waals surface area contributed by atoms with Gasteiger partial charge >= 0.3 is 0 Å². The topological polar surface area (TPSA) is 26.0 Å². The second-order valence-electron chi connectivity index (χ2n) is 5.95. The fraction of sp³-hybridized carbons (Fsp3) is 1.00. The smallest absolute Gasteiger partial charge is 0.0218 e. The van der Waals surface area contributed by atoms with Gasteiger partial charge in [-0.3, -0.25) is 0 Å². The van der Waals surface area contributed by atoms with Crippen molar-refractivity contribution in [3.8, 4) is 0 Å². The summed E-state index contributed by atoms with van der Waals surface area (Å²) in [4.78, 5) is 0. The third-order valence-corrected chi connectivity index (χ3v) is 5.19. The van der Waals surface area contributed by atoms with E-state index in [9.17, 15) is 0 Å². The summed E-state index contributed by atoms with van der Waals surface area (Å²) in [6, 6.07) is 0. The van der Waals surface area contributed by atoms with Crippen LogP contribution in [0.4, 0.5) is 0 Å². The van der Waals surface area contributed by atoms with Crippen LogP contribution in [-0.4, -0.2) is 5.54 Å². The molecule has 3 saturated carbocycles. The number of rotatable bonds is 2. The van der Waals surface area contributed by atoms with E-state index in [1.165, 1.54) is 57.8 Å². The lowest BCUT2D eigenvalue weighted by Gasteiger charge is -2.34. The summed E-state index contributed by atoms with van der Waals surface area (Å²) in [6.07, 6.45) is 13.1. The molecule has 80 valence electrons. The Balaban J connectivity index is 1.59. The highest BCUT2D eigenvalue weighted by Gasteiger charge is 2.59. The molecule has 3 rings (SSSR count). The van der Waals surface area contributed by atoms with Crippen molar-refractivity contribution in [3.63, 3.8) is 0 Å². The van der Waals surface area contributed by atoms with Gasteiger partial charge in [-0.2, -0.15) is 0 Å². The van der Waals surface area contributed by atoms with Crippen molar-refractivity contribution < 1.29 is 0 Å². The summed E-state index contributed by atoms with van der Waals surface area (Å²) in [6.45, 7) is 0. The van der Waals surface area contributed by atoms with Gasteiger partial charge in [-0.05, 0) is 37.0 Å². The van der Waals surface area contributed by atoms with Gasteiger partial charge in [0.1, 0.15) is 0 Å². The van der Waals surface area contributed by atoms with Crippen molar-refractivity contribution in [2.75, 3.05) is 0 Å². The minimum atomic E-state index is 0.320. The first-order valence-corrected chi connectivity index (χ1v) is 6.59. The average Bonchev–Trinajstić information content (AvgIpc) is 2.77. The molecule has 0 saturated heterocycles. The van der Waals surface area contributed by atoms with Gasteiger partial charge in [0.25, 0.3) is 0 Å². The van der Waals surface area contributed by atoms with Gasteiger partial charge in [-0.1, -0.05) is 38.5 Å². The molecule has 0 aromatic heterocycles. The Morgan fingerprint density at radius 1 is 0.857 bits per heavy atom. The van der Waals surface area contributed by atoms with Crippen molar-refractivity contribution in [1.29, 1.82) is 0 Å². The zero-order valence-electron chi connectivity index (χ0n) is 9.17. The zero-order valence-corrected chi connectivity index (χ0v) is 9.17. The van der Waals surface area contributed by atoms with E-state index < -0.39 is 0 Å². The maximum Gasteiger partial charge on any atom is 0.0218 e. The number of hydrogen-bond acceptors (Lipinski definition) is 1. The van der Waals surface area contributed by atoms with E-state index in [0.29, 0.717) is 5.54 Å². The molecule has 0 aliphatic heterocycles. The molecule has 3 fully saturated rings. The van der Waals surface area contributed by atoms with Gasteiger partial charge in [0, 0.05) is 5.54 Å². The van der Waals surface area contributed by atoms with Crippen LogP contribution in [0, 0.1) is 17.8 Å². The van der Waals surface area contributed by atoms with E-state index >= 15 is 0 Å². The Morgan fingerprint density at radius 2 is 1.57 bits per heavy atom. The SMILES string of the molecule is NC1(C2CCC2)CC1C1CCCCC1. The highest BCUT2D eigenvalue weighted by Crippen LogP contribution is 2.58. The normalized spacial score (nSPS) is 44.8. The lowest BCUT2D eigenvalue weighted by atomic mass is 9.74. The molecule has 1 nitrogen and oxygen atoms in total. The molecule has 2 N–H and O–H groups in total. The molecule has 0 spiro atoms. The number of nitrogens with two attached hydrogens (primary N) is 1. The summed E-state index contributed by atoms with van der Waals surface area (Å²) in [5, 5.41) is 0. The Morgan fingerprint density at radius 3 is 2.14 bits per heavy atom. The van der Waals surface area contributed by atoms with Crippen LogP contribution < -0.4 is 5.73 Å². The van der Waals surface area contributed by atoms with Crippen LogP contribution in [-0.2, 0) is 0 Å². The molecular weight excluding hydrogens is 170 g/mol. The second-order valence-corrected chi connectivity index (χ2v) is 5.95. The van der Waals surface area contributed by atoms with E-state index in [4.69, 9.17) is 5.73 Å².